The highest BCUT2D eigenvalue weighted by Crippen LogP contribution is 2.34. The van der Waals surface area contributed by atoms with Crippen LogP contribution in [-0.4, -0.2) is 52.6 Å². The molecule has 0 spiro atoms. The molecular weight excluding hydrogens is 373 g/mol. The van der Waals surface area contributed by atoms with Gasteiger partial charge in [0.25, 0.3) is 0 Å². The molecule has 3 rings (SSSR count). The van der Waals surface area contributed by atoms with E-state index in [9.17, 15) is 9.18 Å². The molecule has 138 valence electrons. The molecule has 7 heteroatoms. The Labute approximate surface area is 162 Å². The summed E-state index contributed by atoms with van der Waals surface area (Å²) in [6, 6.07) is 10.2. The molecule has 1 aliphatic rings. The standard InChI is InChI=1S/C19H21ClFN3OS/c1-23(2)19(25)17-10-13(26-18-8-3-4-9-22-18)11-24(17)12-14-15(20)6-5-7-16(14)21/h3-9,13,17H,10-12H2,1-2H3/t13-,17+/m1/s1. The van der Waals surface area contributed by atoms with Gasteiger partial charge in [0, 0.05) is 49.2 Å². The summed E-state index contributed by atoms with van der Waals surface area (Å²) in [6.45, 7) is 0.991. The number of thioether (sulfide) groups is 1. The Hall–Kier alpha value is -1.63. The van der Waals surface area contributed by atoms with Crippen LogP contribution in [0.5, 0.6) is 0 Å². The number of rotatable bonds is 5. The molecule has 26 heavy (non-hydrogen) atoms. The average molecular weight is 394 g/mol. The zero-order valence-corrected chi connectivity index (χ0v) is 16.3. The van der Waals surface area contributed by atoms with Crippen LogP contribution in [-0.2, 0) is 11.3 Å². The number of carbonyl (C=O) groups is 1. The van der Waals surface area contributed by atoms with E-state index in [2.05, 4.69) is 4.98 Å². The molecule has 0 saturated carbocycles. The van der Waals surface area contributed by atoms with E-state index in [-0.39, 0.29) is 23.0 Å². The molecule has 1 amide bonds. The summed E-state index contributed by atoms with van der Waals surface area (Å²) >= 11 is 7.84. The molecule has 2 atom stereocenters. The van der Waals surface area contributed by atoms with E-state index in [0.717, 1.165) is 5.03 Å². The topological polar surface area (TPSA) is 36.4 Å². The minimum atomic E-state index is -0.339. The van der Waals surface area contributed by atoms with Crippen LogP contribution in [0, 0.1) is 5.82 Å². The molecule has 4 nitrogen and oxygen atoms in total. The largest absolute Gasteiger partial charge is 0.347 e. The molecule has 0 unspecified atom stereocenters. The van der Waals surface area contributed by atoms with Crippen molar-refractivity contribution < 1.29 is 9.18 Å². The number of hydrogen-bond donors (Lipinski definition) is 0. The molecule has 0 aliphatic carbocycles. The van der Waals surface area contributed by atoms with Gasteiger partial charge in [0.2, 0.25) is 5.91 Å². The van der Waals surface area contributed by atoms with E-state index < -0.39 is 0 Å². The molecule has 2 heterocycles. The third kappa shape index (κ3) is 4.37. The smallest absolute Gasteiger partial charge is 0.239 e. The van der Waals surface area contributed by atoms with Gasteiger partial charge in [-0.2, -0.15) is 0 Å². The third-order valence-electron chi connectivity index (χ3n) is 4.44. The number of carbonyl (C=O) groups excluding carboxylic acids is 1. The van der Waals surface area contributed by atoms with Gasteiger partial charge in [-0.3, -0.25) is 9.69 Å². The fourth-order valence-electron chi connectivity index (χ4n) is 3.15. The maximum Gasteiger partial charge on any atom is 0.239 e. The van der Waals surface area contributed by atoms with Gasteiger partial charge in [-0.05, 0) is 30.7 Å². The number of hydrogen-bond acceptors (Lipinski definition) is 4. The van der Waals surface area contributed by atoms with Crippen LogP contribution in [0.15, 0.2) is 47.6 Å². The number of likely N-dealkylation sites (N-methyl/N-ethyl adjacent to an activating group) is 1. The second-order valence-electron chi connectivity index (χ2n) is 6.52. The van der Waals surface area contributed by atoms with Crippen LogP contribution in [0.25, 0.3) is 0 Å². The first-order valence-electron chi connectivity index (χ1n) is 8.41. The summed E-state index contributed by atoms with van der Waals surface area (Å²) in [6.07, 6.45) is 2.46. The van der Waals surface area contributed by atoms with Gasteiger partial charge >= 0.3 is 0 Å². The molecule has 1 fully saturated rings. The first-order chi connectivity index (χ1) is 12.5. The lowest BCUT2D eigenvalue weighted by Gasteiger charge is -2.26. The Morgan fingerprint density at radius 3 is 2.81 bits per heavy atom. The lowest BCUT2D eigenvalue weighted by molar-refractivity contribution is -0.133. The highest BCUT2D eigenvalue weighted by Gasteiger charge is 2.38. The number of aromatic nitrogens is 1. The minimum absolute atomic E-state index is 0.0292. The first kappa shape index (κ1) is 19.1. The van der Waals surface area contributed by atoms with Crippen molar-refractivity contribution in [3.63, 3.8) is 0 Å². The highest BCUT2D eigenvalue weighted by molar-refractivity contribution is 7.99. The van der Waals surface area contributed by atoms with Crippen LogP contribution < -0.4 is 0 Å². The van der Waals surface area contributed by atoms with Crippen LogP contribution in [0.2, 0.25) is 5.02 Å². The molecular formula is C19H21ClFN3OS. The van der Waals surface area contributed by atoms with Gasteiger partial charge in [0.15, 0.2) is 0 Å². The van der Waals surface area contributed by atoms with Crippen molar-refractivity contribution >= 4 is 29.3 Å². The first-order valence-corrected chi connectivity index (χ1v) is 9.67. The van der Waals surface area contributed by atoms with E-state index in [4.69, 9.17) is 11.6 Å². The van der Waals surface area contributed by atoms with Crippen LogP contribution >= 0.6 is 23.4 Å². The number of halogens is 2. The molecule has 2 aromatic rings. The SMILES string of the molecule is CN(C)C(=O)[C@@H]1C[C@@H](Sc2ccccn2)CN1Cc1c(F)cccc1Cl. The maximum absolute atomic E-state index is 14.2. The quantitative estimate of drug-likeness (QED) is 0.776. The number of likely N-dealkylation sites (tertiary alicyclic amines) is 1. The Kier molecular flexibility index (Phi) is 6.16. The Morgan fingerprint density at radius 2 is 2.15 bits per heavy atom. The summed E-state index contributed by atoms with van der Waals surface area (Å²) in [7, 11) is 3.49. The van der Waals surface area contributed by atoms with Crippen molar-refractivity contribution in [2.24, 2.45) is 0 Å². The molecule has 0 bridgehead atoms. The van der Waals surface area contributed by atoms with E-state index in [1.165, 1.54) is 6.07 Å². The average Bonchev–Trinajstić information content (AvgIpc) is 3.00. The second kappa shape index (κ2) is 8.37. The summed E-state index contributed by atoms with van der Waals surface area (Å²) in [5.74, 6) is -0.309. The van der Waals surface area contributed by atoms with E-state index >= 15 is 0 Å². The van der Waals surface area contributed by atoms with Crippen molar-refractivity contribution in [2.45, 2.75) is 29.3 Å². The van der Waals surface area contributed by atoms with Crippen LogP contribution in [0.3, 0.4) is 0 Å². The van der Waals surface area contributed by atoms with Gasteiger partial charge in [0.1, 0.15) is 5.82 Å². The monoisotopic (exact) mass is 393 g/mol. The van der Waals surface area contributed by atoms with E-state index in [1.54, 1.807) is 49.1 Å². The zero-order chi connectivity index (χ0) is 18.7. The van der Waals surface area contributed by atoms with E-state index in [0.29, 0.717) is 30.1 Å². The normalized spacial score (nSPS) is 20.3. The third-order valence-corrected chi connectivity index (χ3v) is 5.95. The molecule has 1 aliphatic heterocycles. The van der Waals surface area contributed by atoms with Crippen molar-refractivity contribution in [1.29, 1.82) is 0 Å². The predicted molar refractivity (Wildman–Crippen MR) is 103 cm³/mol. The molecule has 0 N–H and O–H groups in total. The number of benzene rings is 1. The van der Waals surface area contributed by atoms with Crippen LogP contribution in [0.1, 0.15) is 12.0 Å². The second-order valence-corrected chi connectivity index (χ2v) is 8.25. The Balaban J connectivity index is 1.80. The maximum atomic E-state index is 14.2. The molecule has 1 saturated heterocycles. The van der Waals surface area contributed by atoms with Gasteiger partial charge in [-0.1, -0.05) is 23.7 Å². The number of amides is 1. The van der Waals surface area contributed by atoms with Crippen molar-refractivity contribution in [1.82, 2.24) is 14.8 Å². The summed E-state index contributed by atoms with van der Waals surface area (Å²) in [5.41, 5.74) is 0.439. The van der Waals surface area contributed by atoms with Gasteiger partial charge in [-0.25, -0.2) is 9.37 Å². The molecule has 1 aromatic carbocycles. The molecule has 0 radical (unpaired) electrons. The highest BCUT2D eigenvalue weighted by atomic mass is 35.5. The fraction of sp³-hybridized carbons (Fsp3) is 0.368. The van der Waals surface area contributed by atoms with Crippen molar-refractivity contribution in [2.75, 3.05) is 20.6 Å². The van der Waals surface area contributed by atoms with Gasteiger partial charge in [-0.15, -0.1) is 11.8 Å². The lowest BCUT2D eigenvalue weighted by atomic mass is 10.1. The van der Waals surface area contributed by atoms with Crippen molar-refractivity contribution in [3.8, 4) is 0 Å². The Bertz CT molecular complexity index is 754. The predicted octanol–water partition coefficient (Wildman–Crippen LogP) is 3.70. The zero-order valence-electron chi connectivity index (χ0n) is 14.7. The lowest BCUT2D eigenvalue weighted by Crippen LogP contribution is -2.42. The van der Waals surface area contributed by atoms with Crippen LogP contribution in [0.4, 0.5) is 4.39 Å². The van der Waals surface area contributed by atoms with Gasteiger partial charge < -0.3 is 4.90 Å². The van der Waals surface area contributed by atoms with Crippen molar-refractivity contribution in [3.05, 3.63) is 59.0 Å². The number of pyridine rings is 1. The number of nitrogens with zero attached hydrogens (tertiary/aromatic N) is 3. The summed E-state index contributed by atoms with van der Waals surface area (Å²) in [4.78, 5) is 20.6. The Morgan fingerprint density at radius 1 is 1.35 bits per heavy atom. The van der Waals surface area contributed by atoms with E-state index in [1.807, 2.05) is 23.1 Å². The fourth-order valence-corrected chi connectivity index (χ4v) is 4.54. The summed E-state index contributed by atoms with van der Waals surface area (Å²) in [5, 5.41) is 1.53. The minimum Gasteiger partial charge on any atom is -0.347 e. The summed E-state index contributed by atoms with van der Waals surface area (Å²) < 4.78 is 14.2. The van der Waals surface area contributed by atoms with Gasteiger partial charge in [0.05, 0.1) is 11.1 Å². The molecule has 1 aromatic heterocycles.